The highest BCUT2D eigenvalue weighted by Crippen LogP contribution is 2.27. The fourth-order valence-electron chi connectivity index (χ4n) is 2.90. The quantitative estimate of drug-likeness (QED) is 0.679. The van der Waals surface area contributed by atoms with Crippen LogP contribution in [0.3, 0.4) is 0 Å². The summed E-state index contributed by atoms with van der Waals surface area (Å²) < 4.78 is 5.71. The molecule has 1 heterocycles. The molecule has 3 rings (SSSR count). The van der Waals surface area contributed by atoms with Crippen molar-refractivity contribution in [2.45, 2.75) is 45.1 Å². The molecule has 0 spiro atoms. The Balaban J connectivity index is 1.65. The first kappa shape index (κ1) is 16.8. The lowest BCUT2D eigenvalue weighted by atomic mass is 9.99. The van der Waals surface area contributed by atoms with E-state index in [0.29, 0.717) is 12.5 Å². The number of rotatable bonds is 4. The lowest BCUT2D eigenvalue weighted by Crippen LogP contribution is -2.21. The van der Waals surface area contributed by atoms with Crippen LogP contribution in [-0.4, -0.2) is 25.5 Å². The van der Waals surface area contributed by atoms with Crippen LogP contribution in [-0.2, 0) is 4.74 Å². The van der Waals surface area contributed by atoms with E-state index in [0.717, 1.165) is 29.7 Å². The molecule has 1 aromatic rings. The number of benzene rings is 1. The minimum atomic E-state index is 0.259. The van der Waals surface area contributed by atoms with Gasteiger partial charge in [0.25, 0.3) is 0 Å². The van der Waals surface area contributed by atoms with Gasteiger partial charge in [0.05, 0.1) is 12.6 Å². The average molecular weight is 322 g/mol. The van der Waals surface area contributed by atoms with Crippen LogP contribution in [0.4, 0.5) is 0 Å². The van der Waals surface area contributed by atoms with Gasteiger partial charge in [0.2, 0.25) is 0 Å². The molecule has 1 atom stereocenters. The van der Waals surface area contributed by atoms with E-state index >= 15 is 0 Å². The molecule has 24 heavy (non-hydrogen) atoms. The van der Waals surface area contributed by atoms with Crippen molar-refractivity contribution >= 4 is 11.8 Å². The molecule has 2 aliphatic rings. The van der Waals surface area contributed by atoms with Gasteiger partial charge < -0.3 is 10.5 Å². The van der Waals surface area contributed by atoms with Crippen molar-refractivity contribution in [1.29, 1.82) is 0 Å². The van der Waals surface area contributed by atoms with Crippen LogP contribution in [0.1, 0.15) is 48.8 Å². The van der Waals surface area contributed by atoms with E-state index in [4.69, 9.17) is 10.5 Å². The predicted molar refractivity (Wildman–Crippen MR) is 99.9 cm³/mol. The highest BCUT2D eigenvalue weighted by atomic mass is 16.5. The number of aryl methyl sites for hydroxylation is 1. The highest BCUT2D eigenvalue weighted by molar-refractivity contribution is 6.10. The third-order valence-electron chi connectivity index (χ3n) is 4.53. The molecule has 3 heteroatoms. The van der Waals surface area contributed by atoms with Crippen molar-refractivity contribution in [3.63, 3.8) is 0 Å². The Labute approximate surface area is 145 Å². The van der Waals surface area contributed by atoms with Gasteiger partial charge in [-0.2, -0.15) is 0 Å². The third-order valence-corrected chi connectivity index (χ3v) is 4.53. The standard InChI is InChI=1S/C21H26N2O/c1-16-12-18(8-7-17-5-6-17)9-10-21(16)19(13-22)14-23-15-20-4-2-3-11-24-20/h9-10,12-14,17,20H,2-6,11,15,22H2,1H3/b19-13+,23-14?. The number of nitrogens with zero attached hydrogens (tertiary/aromatic N) is 1. The van der Waals surface area contributed by atoms with Gasteiger partial charge in [-0.25, -0.2) is 0 Å². The Morgan fingerprint density at radius 2 is 2.21 bits per heavy atom. The molecule has 3 nitrogen and oxygen atoms in total. The number of allylic oxidation sites excluding steroid dienone is 1. The molecule has 2 fully saturated rings. The number of aliphatic imine (C=N–C) groups is 1. The fraction of sp³-hybridized carbons (Fsp3) is 0.476. The summed E-state index contributed by atoms with van der Waals surface area (Å²) in [6.45, 7) is 3.67. The van der Waals surface area contributed by atoms with Gasteiger partial charge in [0, 0.05) is 36.1 Å². The van der Waals surface area contributed by atoms with Crippen LogP contribution < -0.4 is 5.73 Å². The summed E-state index contributed by atoms with van der Waals surface area (Å²) in [4.78, 5) is 4.55. The summed E-state index contributed by atoms with van der Waals surface area (Å²) in [5.74, 6) is 7.19. The summed E-state index contributed by atoms with van der Waals surface area (Å²) in [5.41, 5.74) is 10.1. The normalized spacial score (nSPS) is 21.5. The summed E-state index contributed by atoms with van der Waals surface area (Å²) >= 11 is 0. The number of ether oxygens (including phenoxy) is 1. The largest absolute Gasteiger partial charge is 0.404 e. The second kappa shape index (κ2) is 8.17. The molecule has 1 aliphatic carbocycles. The second-order valence-electron chi connectivity index (χ2n) is 6.68. The minimum absolute atomic E-state index is 0.259. The van der Waals surface area contributed by atoms with E-state index in [9.17, 15) is 0 Å². The smallest absolute Gasteiger partial charge is 0.0770 e. The minimum Gasteiger partial charge on any atom is -0.404 e. The van der Waals surface area contributed by atoms with Crippen molar-refractivity contribution in [1.82, 2.24) is 0 Å². The van der Waals surface area contributed by atoms with Crippen molar-refractivity contribution in [2.75, 3.05) is 13.2 Å². The Bertz CT molecular complexity index is 684. The molecule has 1 saturated heterocycles. The first-order valence-electron chi connectivity index (χ1n) is 8.92. The molecular weight excluding hydrogens is 296 g/mol. The molecule has 0 radical (unpaired) electrons. The maximum atomic E-state index is 5.83. The maximum absolute atomic E-state index is 5.83. The van der Waals surface area contributed by atoms with Crippen LogP contribution in [0, 0.1) is 24.7 Å². The molecule has 1 saturated carbocycles. The van der Waals surface area contributed by atoms with Crippen LogP contribution in [0.2, 0.25) is 0 Å². The van der Waals surface area contributed by atoms with Crippen molar-refractivity contribution in [2.24, 2.45) is 16.6 Å². The topological polar surface area (TPSA) is 47.6 Å². The molecule has 0 amide bonds. The molecule has 126 valence electrons. The van der Waals surface area contributed by atoms with Gasteiger partial charge in [0.1, 0.15) is 0 Å². The summed E-state index contributed by atoms with van der Waals surface area (Å²) in [5, 5.41) is 0. The van der Waals surface area contributed by atoms with Gasteiger partial charge in [-0.15, -0.1) is 0 Å². The van der Waals surface area contributed by atoms with E-state index in [-0.39, 0.29) is 6.10 Å². The first-order valence-corrected chi connectivity index (χ1v) is 8.92. The fourth-order valence-corrected chi connectivity index (χ4v) is 2.90. The summed E-state index contributed by atoms with van der Waals surface area (Å²) in [6.07, 6.45) is 9.78. The Morgan fingerprint density at radius 1 is 1.33 bits per heavy atom. The number of hydrogen-bond acceptors (Lipinski definition) is 3. The maximum Gasteiger partial charge on any atom is 0.0770 e. The van der Waals surface area contributed by atoms with Crippen LogP contribution in [0.25, 0.3) is 5.57 Å². The molecule has 1 unspecified atom stereocenters. The second-order valence-corrected chi connectivity index (χ2v) is 6.68. The third kappa shape index (κ3) is 4.72. The summed E-state index contributed by atoms with van der Waals surface area (Å²) in [6, 6.07) is 6.29. The number of nitrogens with two attached hydrogens (primary N) is 1. The lowest BCUT2D eigenvalue weighted by molar-refractivity contribution is 0.0226. The highest BCUT2D eigenvalue weighted by Gasteiger charge is 2.17. The van der Waals surface area contributed by atoms with Gasteiger partial charge in [-0.3, -0.25) is 4.99 Å². The van der Waals surface area contributed by atoms with Gasteiger partial charge >= 0.3 is 0 Å². The average Bonchev–Trinajstić information content (AvgIpc) is 3.43. The first-order chi connectivity index (χ1) is 11.8. The van der Waals surface area contributed by atoms with Crippen LogP contribution >= 0.6 is 0 Å². The summed E-state index contributed by atoms with van der Waals surface area (Å²) in [7, 11) is 0. The van der Waals surface area contributed by atoms with E-state index in [1.54, 1.807) is 6.20 Å². The Morgan fingerprint density at radius 3 is 2.88 bits per heavy atom. The van der Waals surface area contributed by atoms with Gasteiger partial charge in [-0.1, -0.05) is 17.9 Å². The van der Waals surface area contributed by atoms with Crippen molar-refractivity contribution in [3.05, 3.63) is 41.1 Å². The Kier molecular flexibility index (Phi) is 5.72. The van der Waals surface area contributed by atoms with Crippen LogP contribution in [0.15, 0.2) is 29.4 Å². The van der Waals surface area contributed by atoms with Crippen molar-refractivity contribution in [3.8, 4) is 11.8 Å². The molecule has 0 aromatic heterocycles. The zero-order valence-corrected chi connectivity index (χ0v) is 14.4. The molecule has 1 aromatic carbocycles. The Hall–Kier alpha value is -2.05. The van der Waals surface area contributed by atoms with E-state index in [1.165, 1.54) is 31.2 Å². The molecular formula is C21H26N2O. The van der Waals surface area contributed by atoms with Crippen molar-refractivity contribution < 1.29 is 4.74 Å². The SMILES string of the molecule is Cc1cc(C#CC2CC2)ccc1/C(C=NCC1CCCCO1)=C/N. The zero-order chi connectivity index (χ0) is 16.8. The number of hydrogen-bond donors (Lipinski definition) is 1. The van der Waals surface area contributed by atoms with E-state index in [2.05, 4.69) is 42.0 Å². The molecule has 2 N–H and O–H groups in total. The zero-order valence-electron chi connectivity index (χ0n) is 14.4. The molecule has 0 bridgehead atoms. The van der Waals surface area contributed by atoms with Gasteiger partial charge in [-0.05, 0) is 62.3 Å². The van der Waals surface area contributed by atoms with E-state index < -0.39 is 0 Å². The van der Waals surface area contributed by atoms with E-state index in [1.807, 2.05) is 6.21 Å². The van der Waals surface area contributed by atoms with Gasteiger partial charge in [0.15, 0.2) is 0 Å². The van der Waals surface area contributed by atoms with Crippen LogP contribution in [0.5, 0.6) is 0 Å². The predicted octanol–water partition coefficient (Wildman–Crippen LogP) is 3.70. The molecule has 1 aliphatic heterocycles. The lowest BCUT2D eigenvalue weighted by Gasteiger charge is -2.20. The monoisotopic (exact) mass is 322 g/mol.